The van der Waals surface area contributed by atoms with Crippen LogP contribution >= 0.6 is 0 Å². The number of halogens is 1. The monoisotopic (exact) mass is 449 g/mol. The molecule has 1 N–H and O–H groups in total. The number of aliphatic carboxylic acids is 1. The van der Waals surface area contributed by atoms with Crippen LogP contribution in [0.3, 0.4) is 0 Å². The molecule has 33 heavy (non-hydrogen) atoms. The molecule has 1 heterocycles. The highest BCUT2D eigenvalue weighted by Crippen LogP contribution is 2.43. The second-order valence-electron chi connectivity index (χ2n) is 8.44. The van der Waals surface area contributed by atoms with Gasteiger partial charge in [0.1, 0.15) is 11.6 Å². The minimum Gasteiger partial charge on any atom is -0.492 e. The molecule has 0 unspecified atom stereocenters. The highest BCUT2D eigenvalue weighted by atomic mass is 19.1. The van der Waals surface area contributed by atoms with Crippen molar-refractivity contribution in [2.24, 2.45) is 5.92 Å². The lowest BCUT2D eigenvalue weighted by atomic mass is 9.89. The summed E-state index contributed by atoms with van der Waals surface area (Å²) in [5.74, 6) is -2.68. The zero-order chi connectivity index (χ0) is 23.9. The minimum atomic E-state index is -1.10. The van der Waals surface area contributed by atoms with Crippen LogP contribution in [0.4, 0.5) is 10.1 Å². The van der Waals surface area contributed by atoms with Crippen molar-refractivity contribution in [2.75, 3.05) is 11.5 Å². The van der Waals surface area contributed by atoms with E-state index in [0.717, 1.165) is 27.3 Å². The molecule has 3 aromatic carbocycles. The van der Waals surface area contributed by atoms with Crippen LogP contribution in [0.1, 0.15) is 52.6 Å². The molecule has 0 atom stereocenters. The van der Waals surface area contributed by atoms with Crippen molar-refractivity contribution < 1.29 is 28.6 Å². The lowest BCUT2D eigenvalue weighted by Gasteiger charge is -2.17. The summed E-state index contributed by atoms with van der Waals surface area (Å²) in [6.07, 6.45) is 0.194. The average molecular weight is 449 g/mol. The molecule has 0 saturated heterocycles. The van der Waals surface area contributed by atoms with Gasteiger partial charge in [0.25, 0.3) is 11.8 Å². The molecule has 1 aliphatic rings. The summed E-state index contributed by atoms with van der Waals surface area (Å²) in [6.45, 7) is 6.14. The number of amides is 2. The molecule has 0 saturated carbocycles. The summed E-state index contributed by atoms with van der Waals surface area (Å²) in [6, 6.07) is 11.2. The molecule has 1 aliphatic heterocycles. The van der Waals surface area contributed by atoms with Gasteiger partial charge >= 0.3 is 5.97 Å². The Labute approximate surface area is 190 Å². The summed E-state index contributed by atoms with van der Waals surface area (Å²) >= 11 is 0. The Kier molecular flexibility index (Phi) is 5.89. The zero-order valence-corrected chi connectivity index (χ0v) is 18.6. The number of ether oxygens (including phenoxy) is 1. The lowest BCUT2D eigenvalue weighted by molar-refractivity contribution is -0.136. The molecule has 0 aliphatic carbocycles. The molecule has 3 aromatic rings. The molecule has 6 nitrogen and oxygen atoms in total. The Morgan fingerprint density at radius 3 is 2.33 bits per heavy atom. The van der Waals surface area contributed by atoms with Crippen molar-refractivity contribution in [3.05, 3.63) is 70.5 Å². The van der Waals surface area contributed by atoms with Crippen LogP contribution < -0.4 is 9.64 Å². The van der Waals surface area contributed by atoms with Gasteiger partial charge in [0.15, 0.2) is 0 Å². The molecular weight excluding hydrogens is 425 g/mol. The van der Waals surface area contributed by atoms with E-state index in [-0.39, 0.29) is 34.7 Å². The fraction of sp³-hybridized carbons (Fsp3) is 0.269. The Morgan fingerprint density at radius 1 is 1.06 bits per heavy atom. The fourth-order valence-electron chi connectivity index (χ4n) is 4.38. The molecule has 7 heteroatoms. The molecule has 0 fully saturated rings. The summed E-state index contributed by atoms with van der Waals surface area (Å²) in [5, 5.41) is 10.5. The quantitative estimate of drug-likeness (QED) is 0.513. The third-order valence-electron chi connectivity index (χ3n) is 5.62. The number of fused-ring (bicyclic) bond motifs is 2. The van der Waals surface area contributed by atoms with E-state index in [4.69, 9.17) is 9.84 Å². The SMILES string of the molecule is CCOc1c2c(c(CC(C)C)c3ccccc13)C(=O)N(c1ccc(CC(=O)O)cc1F)C2=O. The van der Waals surface area contributed by atoms with Crippen molar-refractivity contribution in [3.8, 4) is 5.75 Å². The van der Waals surface area contributed by atoms with Crippen LogP contribution in [0.15, 0.2) is 42.5 Å². The minimum absolute atomic E-state index is 0.144. The number of nitrogens with zero attached hydrogens (tertiary/aromatic N) is 1. The van der Waals surface area contributed by atoms with E-state index in [1.807, 2.05) is 38.1 Å². The van der Waals surface area contributed by atoms with Gasteiger partial charge in [-0.3, -0.25) is 14.4 Å². The predicted molar refractivity (Wildman–Crippen MR) is 123 cm³/mol. The standard InChI is InChI=1S/C26H24FNO5/c1-4-33-24-17-8-6-5-7-16(17)18(11-14(2)3)22-23(24)26(32)28(25(22)31)20-10-9-15(12-19(20)27)13-21(29)30/h5-10,12,14H,4,11,13H2,1-3H3,(H,29,30). The molecule has 170 valence electrons. The fourth-order valence-corrected chi connectivity index (χ4v) is 4.38. The van der Waals surface area contributed by atoms with Crippen molar-refractivity contribution in [1.29, 1.82) is 0 Å². The molecule has 0 radical (unpaired) electrons. The first kappa shape index (κ1) is 22.5. The van der Waals surface area contributed by atoms with Gasteiger partial charge in [-0.15, -0.1) is 0 Å². The summed E-state index contributed by atoms with van der Waals surface area (Å²) in [5.41, 5.74) is 1.15. The number of benzene rings is 3. The van der Waals surface area contributed by atoms with Gasteiger partial charge in [0.2, 0.25) is 0 Å². The summed E-state index contributed by atoms with van der Waals surface area (Å²) in [7, 11) is 0. The van der Waals surface area contributed by atoms with E-state index in [1.165, 1.54) is 12.1 Å². The highest BCUT2D eigenvalue weighted by Gasteiger charge is 2.43. The van der Waals surface area contributed by atoms with Gasteiger partial charge in [-0.2, -0.15) is 0 Å². The number of hydrogen-bond acceptors (Lipinski definition) is 4. The Bertz CT molecular complexity index is 1300. The summed E-state index contributed by atoms with van der Waals surface area (Å²) in [4.78, 5) is 39.0. The largest absolute Gasteiger partial charge is 0.492 e. The average Bonchev–Trinajstić information content (AvgIpc) is 3.00. The lowest BCUT2D eigenvalue weighted by Crippen LogP contribution is -2.30. The number of anilines is 1. The van der Waals surface area contributed by atoms with E-state index in [2.05, 4.69) is 0 Å². The first-order chi connectivity index (χ1) is 15.7. The highest BCUT2D eigenvalue weighted by molar-refractivity contribution is 6.37. The van der Waals surface area contributed by atoms with Crippen LogP contribution in [0.2, 0.25) is 0 Å². The van der Waals surface area contributed by atoms with Crippen molar-refractivity contribution in [3.63, 3.8) is 0 Å². The number of carbonyl (C=O) groups is 3. The summed E-state index contributed by atoms with van der Waals surface area (Å²) < 4.78 is 20.8. The topological polar surface area (TPSA) is 83.9 Å². The van der Waals surface area contributed by atoms with E-state index in [0.29, 0.717) is 18.8 Å². The van der Waals surface area contributed by atoms with Crippen LogP contribution in [0.5, 0.6) is 5.75 Å². The van der Waals surface area contributed by atoms with E-state index < -0.39 is 23.6 Å². The number of rotatable bonds is 7. The number of hydrogen-bond donors (Lipinski definition) is 1. The molecule has 0 aromatic heterocycles. The van der Waals surface area contributed by atoms with Crippen LogP contribution in [0, 0.1) is 11.7 Å². The number of carbonyl (C=O) groups excluding carboxylic acids is 2. The second kappa shape index (κ2) is 8.65. The van der Waals surface area contributed by atoms with Crippen LogP contribution in [-0.4, -0.2) is 29.5 Å². The van der Waals surface area contributed by atoms with E-state index in [9.17, 15) is 18.8 Å². The smallest absolute Gasteiger partial charge is 0.307 e. The molecule has 0 spiro atoms. The Hall–Kier alpha value is -3.74. The van der Waals surface area contributed by atoms with Crippen molar-refractivity contribution >= 4 is 34.2 Å². The van der Waals surface area contributed by atoms with Gasteiger partial charge in [-0.1, -0.05) is 44.2 Å². The number of carboxylic acids is 1. The second-order valence-corrected chi connectivity index (χ2v) is 8.44. The third-order valence-corrected chi connectivity index (χ3v) is 5.62. The Balaban J connectivity index is 1.95. The normalized spacial score (nSPS) is 13.2. The first-order valence-electron chi connectivity index (χ1n) is 10.8. The Morgan fingerprint density at radius 2 is 1.73 bits per heavy atom. The van der Waals surface area contributed by atoms with Gasteiger partial charge < -0.3 is 9.84 Å². The zero-order valence-electron chi connectivity index (χ0n) is 18.6. The third kappa shape index (κ3) is 3.84. The van der Waals surface area contributed by atoms with Gasteiger partial charge in [0, 0.05) is 5.39 Å². The molecule has 2 amide bonds. The van der Waals surface area contributed by atoms with Crippen molar-refractivity contribution in [2.45, 2.75) is 33.6 Å². The van der Waals surface area contributed by atoms with Gasteiger partial charge in [-0.05, 0) is 47.9 Å². The van der Waals surface area contributed by atoms with Gasteiger partial charge in [0.05, 0.1) is 29.8 Å². The predicted octanol–water partition coefficient (Wildman–Crippen LogP) is 5.00. The molecule has 0 bridgehead atoms. The van der Waals surface area contributed by atoms with E-state index >= 15 is 0 Å². The number of imide groups is 1. The van der Waals surface area contributed by atoms with Crippen molar-refractivity contribution in [1.82, 2.24) is 0 Å². The maximum absolute atomic E-state index is 15.0. The maximum Gasteiger partial charge on any atom is 0.307 e. The molecule has 4 rings (SSSR count). The molecular formula is C26H24FNO5. The number of carboxylic acid groups (broad SMARTS) is 1. The van der Waals surface area contributed by atoms with E-state index in [1.54, 1.807) is 6.92 Å². The maximum atomic E-state index is 15.0. The van der Waals surface area contributed by atoms with Gasteiger partial charge in [-0.25, -0.2) is 9.29 Å². The van der Waals surface area contributed by atoms with Crippen LogP contribution in [-0.2, 0) is 17.6 Å². The first-order valence-corrected chi connectivity index (χ1v) is 10.8. The van der Waals surface area contributed by atoms with Crippen LogP contribution in [0.25, 0.3) is 10.8 Å².